The van der Waals surface area contributed by atoms with Gasteiger partial charge in [-0.05, 0) is 74.3 Å². The minimum Gasteiger partial charge on any atom is -0.507 e. The van der Waals surface area contributed by atoms with Crippen LogP contribution in [0.3, 0.4) is 0 Å². The molecule has 0 unspecified atom stereocenters. The van der Waals surface area contributed by atoms with Crippen molar-refractivity contribution in [2.75, 3.05) is 11.1 Å². The third-order valence-electron chi connectivity index (χ3n) is 6.79. The van der Waals surface area contributed by atoms with Crippen LogP contribution in [0.2, 0.25) is 0 Å². The quantitative estimate of drug-likeness (QED) is 0.445. The maximum atomic E-state index is 13.1. The SMILES string of the molecule is Cc1cc(NC(=O)CC(=O)O)c2c(c1Oc1ccc(O)c(S(=O)(=O)CC3CCCCC3)c1)CCC2. The van der Waals surface area contributed by atoms with E-state index in [0.717, 1.165) is 61.6 Å². The van der Waals surface area contributed by atoms with E-state index < -0.39 is 28.1 Å². The largest absolute Gasteiger partial charge is 0.507 e. The number of rotatable bonds is 8. The number of ether oxygens (including phenoxy) is 1. The highest BCUT2D eigenvalue weighted by Crippen LogP contribution is 2.42. The molecule has 9 heteroatoms. The zero-order chi connectivity index (χ0) is 25.2. The molecule has 0 spiro atoms. The summed E-state index contributed by atoms with van der Waals surface area (Å²) in [5.74, 6) is -1.05. The van der Waals surface area contributed by atoms with Crippen LogP contribution in [0.15, 0.2) is 29.2 Å². The minimum absolute atomic E-state index is 0.0170. The number of carboxylic acids is 1. The summed E-state index contributed by atoms with van der Waals surface area (Å²) in [6.45, 7) is 1.82. The topological polar surface area (TPSA) is 130 Å². The van der Waals surface area contributed by atoms with Gasteiger partial charge in [-0.1, -0.05) is 19.3 Å². The van der Waals surface area contributed by atoms with Crippen LogP contribution in [0.1, 0.15) is 61.6 Å². The fourth-order valence-electron chi connectivity index (χ4n) is 5.16. The number of carbonyl (C=O) groups excluding carboxylic acids is 1. The number of anilines is 1. The van der Waals surface area contributed by atoms with E-state index >= 15 is 0 Å². The molecule has 35 heavy (non-hydrogen) atoms. The Bertz CT molecular complexity index is 1250. The molecule has 0 aromatic heterocycles. The zero-order valence-corrected chi connectivity index (χ0v) is 20.6. The Balaban J connectivity index is 1.60. The number of phenols is 1. The lowest BCUT2D eigenvalue weighted by Gasteiger charge is -2.22. The fraction of sp³-hybridized carbons (Fsp3) is 0.462. The minimum atomic E-state index is -3.68. The van der Waals surface area contributed by atoms with Crippen LogP contribution in [0, 0.1) is 12.8 Å². The normalized spacial score (nSPS) is 16.0. The summed E-state index contributed by atoms with van der Waals surface area (Å²) in [6.07, 6.45) is 6.65. The maximum Gasteiger partial charge on any atom is 0.312 e. The van der Waals surface area contributed by atoms with Gasteiger partial charge in [-0.2, -0.15) is 0 Å². The second-order valence-electron chi connectivity index (χ2n) is 9.52. The van der Waals surface area contributed by atoms with E-state index in [9.17, 15) is 23.1 Å². The molecule has 8 nitrogen and oxygen atoms in total. The Hall–Kier alpha value is -3.07. The molecule has 0 aliphatic heterocycles. The van der Waals surface area contributed by atoms with Gasteiger partial charge < -0.3 is 20.3 Å². The summed E-state index contributed by atoms with van der Waals surface area (Å²) in [4.78, 5) is 22.7. The summed E-state index contributed by atoms with van der Waals surface area (Å²) in [5, 5.41) is 21.9. The van der Waals surface area contributed by atoms with Gasteiger partial charge in [-0.15, -0.1) is 0 Å². The van der Waals surface area contributed by atoms with Crippen molar-refractivity contribution in [1.82, 2.24) is 0 Å². The predicted molar refractivity (Wildman–Crippen MR) is 131 cm³/mol. The van der Waals surface area contributed by atoms with Crippen molar-refractivity contribution in [1.29, 1.82) is 0 Å². The third-order valence-corrected chi connectivity index (χ3v) is 8.70. The van der Waals surface area contributed by atoms with E-state index in [1.54, 1.807) is 6.07 Å². The van der Waals surface area contributed by atoms with Crippen molar-refractivity contribution >= 4 is 27.4 Å². The van der Waals surface area contributed by atoms with E-state index in [2.05, 4.69) is 5.32 Å². The molecule has 2 aromatic carbocycles. The van der Waals surface area contributed by atoms with Crippen LogP contribution in [-0.4, -0.2) is 36.3 Å². The number of aliphatic carboxylic acids is 1. The monoisotopic (exact) mass is 501 g/mol. The van der Waals surface area contributed by atoms with E-state index in [-0.39, 0.29) is 22.3 Å². The molecule has 1 fully saturated rings. The Morgan fingerprint density at radius 3 is 2.49 bits per heavy atom. The van der Waals surface area contributed by atoms with Gasteiger partial charge in [-0.25, -0.2) is 8.42 Å². The molecule has 188 valence electrons. The van der Waals surface area contributed by atoms with Gasteiger partial charge in [0.25, 0.3) is 0 Å². The summed E-state index contributed by atoms with van der Waals surface area (Å²) in [7, 11) is -3.68. The highest BCUT2D eigenvalue weighted by molar-refractivity contribution is 7.91. The predicted octanol–water partition coefficient (Wildman–Crippen LogP) is 4.75. The van der Waals surface area contributed by atoms with E-state index in [1.165, 1.54) is 18.2 Å². The Kier molecular flexibility index (Phi) is 7.35. The van der Waals surface area contributed by atoms with Crippen molar-refractivity contribution in [2.45, 2.75) is 69.6 Å². The average Bonchev–Trinajstić information content (AvgIpc) is 3.27. The summed E-state index contributed by atoms with van der Waals surface area (Å²) >= 11 is 0. The van der Waals surface area contributed by atoms with E-state index in [4.69, 9.17) is 9.84 Å². The van der Waals surface area contributed by atoms with Gasteiger partial charge in [0.15, 0.2) is 9.84 Å². The number of benzene rings is 2. The van der Waals surface area contributed by atoms with Crippen molar-refractivity contribution < 1.29 is 33.0 Å². The molecule has 1 amide bonds. The van der Waals surface area contributed by atoms with Crippen LogP contribution >= 0.6 is 0 Å². The summed E-state index contributed by atoms with van der Waals surface area (Å²) in [6, 6.07) is 6.02. The molecule has 0 heterocycles. The number of carbonyl (C=O) groups is 2. The van der Waals surface area contributed by atoms with Gasteiger partial charge in [0.2, 0.25) is 5.91 Å². The van der Waals surface area contributed by atoms with Crippen LogP contribution in [-0.2, 0) is 32.3 Å². The van der Waals surface area contributed by atoms with Gasteiger partial charge in [0.1, 0.15) is 28.6 Å². The number of sulfone groups is 1. The first-order valence-corrected chi connectivity index (χ1v) is 13.7. The third kappa shape index (κ3) is 5.78. The van der Waals surface area contributed by atoms with Gasteiger partial charge in [0.05, 0.1) is 5.75 Å². The van der Waals surface area contributed by atoms with E-state index in [1.807, 2.05) is 6.92 Å². The standard InChI is InChI=1S/C26H31NO7S/c1-16-12-21(27-24(29)14-25(30)31)19-8-5-9-20(19)26(16)34-18-10-11-22(28)23(13-18)35(32,33)15-17-6-3-2-4-7-17/h10-13,17,28H,2-9,14-15H2,1H3,(H,27,29)(H,30,31). The Labute approximate surface area is 205 Å². The first-order chi connectivity index (χ1) is 16.6. The molecular weight excluding hydrogens is 470 g/mol. The lowest BCUT2D eigenvalue weighted by molar-refractivity contribution is -0.139. The van der Waals surface area contributed by atoms with Crippen molar-refractivity contribution in [3.8, 4) is 17.2 Å². The number of nitrogens with one attached hydrogen (secondary N) is 1. The molecule has 4 rings (SSSR count). The smallest absolute Gasteiger partial charge is 0.312 e. The van der Waals surface area contributed by atoms with Crippen molar-refractivity contribution in [3.63, 3.8) is 0 Å². The molecule has 0 radical (unpaired) electrons. The Morgan fingerprint density at radius 2 is 1.77 bits per heavy atom. The molecule has 0 atom stereocenters. The number of hydrogen-bond donors (Lipinski definition) is 3. The molecular formula is C26H31NO7S. The molecule has 2 aromatic rings. The first kappa shape index (κ1) is 25.0. The van der Waals surface area contributed by atoms with Crippen molar-refractivity contribution in [3.05, 3.63) is 41.0 Å². The number of phenolic OH excluding ortho intramolecular Hbond substituents is 1. The second kappa shape index (κ2) is 10.3. The molecule has 2 aliphatic rings. The number of hydrogen-bond acceptors (Lipinski definition) is 6. The molecule has 0 bridgehead atoms. The maximum absolute atomic E-state index is 13.1. The molecule has 0 saturated heterocycles. The number of aromatic hydroxyl groups is 1. The van der Waals surface area contributed by atoms with Gasteiger partial charge in [0, 0.05) is 17.3 Å². The van der Waals surface area contributed by atoms with Crippen LogP contribution in [0.25, 0.3) is 0 Å². The van der Waals surface area contributed by atoms with Gasteiger partial charge >= 0.3 is 5.97 Å². The fourth-order valence-corrected chi connectivity index (χ4v) is 6.98. The van der Waals surface area contributed by atoms with Crippen LogP contribution < -0.4 is 10.1 Å². The second-order valence-corrected chi connectivity index (χ2v) is 11.5. The highest BCUT2D eigenvalue weighted by atomic mass is 32.2. The molecule has 1 saturated carbocycles. The zero-order valence-electron chi connectivity index (χ0n) is 19.8. The number of aryl methyl sites for hydroxylation is 1. The summed E-state index contributed by atoms with van der Waals surface area (Å²) in [5.41, 5.74) is 3.12. The van der Waals surface area contributed by atoms with Crippen molar-refractivity contribution in [2.24, 2.45) is 5.92 Å². The average molecular weight is 502 g/mol. The van der Waals surface area contributed by atoms with Crippen LogP contribution in [0.5, 0.6) is 17.2 Å². The molecule has 2 aliphatic carbocycles. The highest BCUT2D eigenvalue weighted by Gasteiger charge is 2.27. The van der Waals surface area contributed by atoms with E-state index in [0.29, 0.717) is 23.6 Å². The number of carboxylic acid groups (broad SMARTS) is 1. The number of amides is 1. The summed E-state index contributed by atoms with van der Waals surface area (Å²) < 4.78 is 32.4. The first-order valence-electron chi connectivity index (χ1n) is 12.0. The molecule has 3 N–H and O–H groups in total. The lowest BCUT2D eigenvalue weighted by Crippen LogP contribution is -2.19. The lowest BCUT2D eigenvalue weighted by atomic mass is 9.91. The Morgan fingerprint density at radius 1 is 1.06 bits per heavy atom. The van der Waals surface area contributed by atoms with Gasteiger partial charge in [-0.3, -0.25) is 9.59 Å². The number of fused-ring (bicyclic) bond motifs is 1. The van der Waals surface area contributed by atoms with Crippen LogP contribution in [0.4, 0.5) is 5.69 Å².